The Kier molecular flexibility index (Phi) is 5.39. The molecule has 0 atom stereocenters. The third-order valence-electron chi connectivity index (χ3n) is 2.51. The number of benzene rings is 2. The lowest BCUT2D eigenvalue weighted by Crippen LogP contribution is -2.17. The van der Waals surface area contributed by atoms with E-state index >= 15 is 0 Å². The van der Waals surface area contributed by atoms with E-state index in [2.05, 4.69) is 42.4 Å². The van der Waals surface area contributed by atoms with Crippen molar-refractivity contribution in [3.63, 3.8) is 0 Å². The number of hydrogen-bond acceptors (Lipinski definition) is 3. The van der Waals surface area contributed by atoms with Crippen LogP contribution in [0, 0.1) is 0 Å². The Morgan fingerprint density at radius 3 is 2.76 bits per heavy atom. The highest BCUT2D eigenvalue weighted by Gasteiger charge is 2.07. The van der Waals surface area contributed by atoms with E-state index < -0.39 is 0 Å². The number of phenols is 1. The lowest BCUT2D eigenvalue weighted by molar-refractivity contribution is 0.0955. The molecule has 0 aliphatic rings. The fourth-order valence-corrected chi connectivity index (χ4v) is 2.77. The van der Waals surface area contributed by atoms with Crippen LogP contribution in [0.3, 0.4) is 0 Å². The number of carbonyl (C=O) groups is 1. The van der Waals surface area contributed by atoms with Crippen LogP contribution in [0.2, 0.25) is 5.02 Å². The fourth-order valence-electron chi connectivity index (χ4n) is 1.54. The summed E-state index contributed by atoms with van der Waals surface area (Å²) in [6, 6.07) is 10.0. The predicted octanol–water partition coefficient (Wildman–Crippen LogP) is 4.33. The van der Waals surface area contributed by atoms with Crippen molar-refractivity contribution in [2.24, 2.45) is 5.10 Å². The molecule has 2 aromatic rings. The van der Waals surface area contributed by atoms with E-state index in [0.717, 1.165) is 4.47 Å². The predicted molar refractivity (Wildman–Crippen MR) is 90.0 cm³/mol. The van der Waals surface area contributed by atoms with Crippen molar-refractivity contribution in [2.75, 3.05) is 0 Å². The van der Waals surface area contributed by atoms with Gasteiger partial charge in [-0.25, -0.2) is 5.43 Å². The summed E-state index contributed by atoms with van der Waals surface area (Å²) in [5, 5.41) is 14.1. The number of hydrogen-bond donors (Lipinski definition) is 2. The maximum absolute atomic E-state index is 11.9. The van der Waals surface area contributed by atoms with Crippen LogP contribution < -0.4 is 5.43 Å². The number of nitrogens with zero attached hydrogens (tertiary/aromatic N) is 1. The molecular formula is C14H9Br2ClN2O2. The van der Waals surface area contributed by atoms with Crippen LogP contribution in [0.5, 0.6) is 5.75 Å². The van der Waals surface area contributed by atoms with Gasteiger partial charge in [-0.05, 0) is 46.3 Å². The van der Waals surface area contributed by atoms with Gasteiger partial charge in [0, 0.05) is 20.6 Å². The van der Waals surface area contributed by atoms with Gasteiger partial charge in [0.05, 0.1) is 10.7 Å². The minimum atomic E-state index is -0.354. The first kappa shape index (κ1) is 16.0. The number of phenolic OH excluding ortho intramolecular Hbond substituents is 1. The summed E-state index contributed by atoms with van der Waals surface area (Å²) < 4.78 is 1.25. The monoisotopic (exact) mass is 430 g/mol. The van der Waals surface area contributed by atoms with Crippen molar-refractivity contribution in [1.82, 2.24) is 5.43 Å². The van der Waals surface area contributed by atoms with Gasteiger partial charge in [0.25, 0.3) is 5.91 Å². The molecular weight excluding hydrogens is 423 g/mol. The average molecular weight is 432 g/mol. The van der Waals surface area contributed by atoms with Gasteiger partial charge >= 0.3 is 0 Å². The topological polar surface area (TPSA) is 61.7 Å². The third kappa shape index (κ3) is 4.30. The van der Waals surface area contributed by atoms with Gasteiger partial charge in [-0.1, -0.05) is 33.6 Å². The van der Waals surface area contributed by atoms with Gasteiger partial charge in [-0.15, -0.1) is 0 Å². The summed E-state index contributed by atoms with van der Waals surface area (Å²) in [4.78, 5) is 11.9. The Bertz CT molecular complexity index is 720. The van der Waals surface area contributed by atoms with Crippen LogP contribution in [-0.2, 0) is 0 Å². The second-order valence-corrected chi connectivity index (χ2v) is 6.24. The smallest absolute Gasteiger partial charge is 0.271 e. The summed E-state index contributed by atoms with van der Waals surface area (Å²) in [6.07, 6.45) is 1.32. The van der Waals surface area contributed by atoms with E-state index in [1.54, 1.807) is 24.3 Å². The molecule has 21 heavy (non-hydrogen) atoms. The SMILES string of the molecule is O=C(N/N=C/c1cc(Cl)cc(Br)c1O)c1cccc(Br)c1. The molecule has 4 nitrogen and oxygen atoms in total. The summed E-state index contributed by atoms with van der Waals surface area (Å²) in [7, 11) is 0. The number of hydrazone groups is 1. The Balaban J connectivity index is 2.11. The first-order chi connectivity index (χ1) is 9.97. The lowest BCUT2D eigenvalue weighted by atomic mass is 10.2. The molecule has 2 N–H and O–H groups in total. The van der Waals surface area contributed by atoms with Crippen LogP contribution in [0.1, 0.15) is 15.9 Å². The molecule has 0 saturated heterocycles. The second-order valence-electron chi connectivity index (χ2n) is 4.03. The Hall–Kier alpha value is -1.37. The molecule has 0 fully saturated rings. The van der Waals surface area contributed by atoms with Crippen LogP contribution in [0.25, 0.3) is 0 Å². The van der Waals surface area contributed by atoms with E-state index in [9.17, 15) is 9.90 Å². The largest absolute Gasteiger partial charge is 0.506 e. The van der Waals surface area contributed by atoms with Gasteiger partial charge in [0.2, 0.25) is 0 Å². The molecule has 1 amide bonds. The molecule has 0 heterocycles. The Morgan fingerprint density at radius 1 is 1.29 bits per heavy atom. The summed E-state index contributed by atoms with van der Waals surface area (Å²) in [6.45, 7) is 0. The van der Waals surface area contributed by atoms with Crippen molar-refractivity contribution >= 4 is 55.6 Å². The molecule has 2 aromatic carbocycles. The number of aromatic hydroxyl groups is 1. The number of amides is 1. The van der Waals surface area contributed by atoms with Crippen molar-refractivity contribution in [1.29, 1.82) is 0 Å². The maximum Gasteiger partial charge on any atom is 0.271 e. The van der Waals surface area contributed by atoms with Gasteiger partial charge in [0.15, 0.2) is 0 Å². The number of rotatable bonds is 3. The highest BCUT2D eigenvalue weighted by atomic mass is 79.9. The van der Waals surface area contributed by atoms with Crippen LogP contribution >= 0.6 is 43.5 Å². The molecule has 108 valence electrons. The summed E-state index contributed by atoms with van der Waals surface area (Å²) in [5.41, 5.74) is 3.24. The quantitative estimate of drug-likeness (QED) is 0.560. The summed E-state index contributed by atoms with van der Waals surface area (Å²) in [5.74, 6) is -0.354. The zero-order chi connectivity index (χ0) is 15.4. The van der Waals surface area contributed by atoms with Crippen molar-refractivity contribution in [2.45, 2.75) is 0 Å². The van der Waals surface area contributed by atoms with E-state index in [1.165, 1.54) is 12.3 Å². The van der Waals surface area contributed by atoms with Crippen molar-refractivity contribution in [3.05, 3.63) is 61.5 Å². The van der Waals surface area contributed by atoms with E-state index in [1.807, 2.05) is 6.07 Å². The van der Waals surface area contributed by atoms with E-state index in [0.29, 0.717) is 20.6 Å². The van der Waals surface area contributed by atoms with E-state index in [-0.39, 0.29) is 11.7 Å². The molecule has 2 rings (SSSR count). The van der Waals surface area contributed by atoms with Gasteiger partial charge in [-0.2, -0.15) is 5.10 Å². The number of halogens is 3. The molecule has 0 aliphatic heterocycles. The zero-order valence-corrected chi connectivity index (χ0v) is 14.4. The first-order valence-corrected chi connectivity index (χ1v) is 7.71. The number of nitrogens with one attached hydrogen (secondary N) is 1. The highest BCUT2D eigenvalue weighted by molar-refractivity contribution is 9.10. The lowest BCUT2D eigenvalue weighted by Gasteiger charge is -2.03. The molecule has 7 heteroatoms. The summed E-state index contributed by atoms with van der Waals surface area (Å²) >= 11 is 12.3. The average Bonchev–Trinajstić information content (AvgIpc) is 2.43. The zero-order valence-electron chi connectivity index (χ0n) is 10.5. The number of carbonyl (C=O) groups excluding carboxylic acids is 1. The molecule has 0 bridgehead atoms. The normalized spacial score (nSPS) is 10.8. The van der Waals surface area contributed by atoms with Crippen molar-refractivity contribution < 1.29 is 9.90 Å². The highest BCUT2D eigenvalue weighted by Crippen LogP contribution is 2.30. The standard InChI is InChI=1S/C14H9Br2ClN2O2/c15-10-3-1-2-8(4-10)14(21)19-18-7-9-5-11(17)6-12(16)13(9)20/h1-7,20H,(H,19,21)/b18-7+. The first-order valence-electron chi connectivity index (χ1n) is 5.74. The van der Waals surface area contributed by atoms with Gasteiger partial charge in [-0.3, -0.25) is 4.79 Å². The molecule has 0 spiro atoms. The molecule has 0 aromatic heterocycles. The molecule has 0 saturated carbocycles. The van der Waals surface area contributed by atoms with Gasteiger partial charge < -0.3 is 5.11 Å². The third-order valence-corrected chi connectivity index (χ3v) is 3.83. The van der Waals surface area contributed by atoms with Crippen LogP contribution in [0.4, 0.5) is 0 Å². The van der Waals surface area contributed by atoms with E-state index in [4.69, 9.17) is 11.6 Å². The van der Waals surface area contributed by atoms with Crippen molar-refractivity contribution in [3.8, 4) is 5.75 Å². The minimum Gasteiger partial charge on any atom is -0.506 e. The molecule has 0 radical (unpaired) electrons. The Labute approximate surface area is 143 Å². The minimum absolute atomic E-state index is 0.000135. The van der Waals surface area contributed by atoms with Crippen LogP contribution in [0.15, 0.2) is 50.4 Å². The maximum atomic E-state index is 11.9. The fraction of sp³-hybridized carbons (Fsp3) is 0. The van der Waals surface area contributed by atoms with Gasteiger partial charge in [0.1, 0.15) is 5.75 Å². The molecule has 0 unspecified atom stereocenters. The molecule has 0 aliphatic carbocycles. The second kappa shape index (κ2) is 7.06. The van der Waals surface area contributed by atoms with Crippen LogP contribution in [-0.4, -0.2) is 17.2 Å². The Morgan fingerprint density at radius 2 is 2.05 bits per heavy atom.